The molecule has 0 spiro atoms. The zero-order valence-corrected chi connectivity index (χ0v) is 31.5. The predicted octanol–water partition coefficient (Wildman–Crippen LogP) is -3.35. The molecule has 7 amide bonds. The van der Waals surface area contributed by atoms with Gasteiger partial charge in [0.15, 0.2) is 5.96 Å². The second-order valence-corrected chi connectivity index (χ2v) is 13.8. The molecule has 1 aromatic carbocycles. The molecule has 0 aromatic heterocycles. The smallest absolute Gasteiger partial charge is 0.326 e. The number of aromatic hydroxyl groups is 1. The van der Waals surface area contributed by atoms with Gasteiger partial charge in [0.05, 0.1) is 6.42 Å². The summed E-state index contributed by atoms with van der Waals surface area (Å²) in [5.41, 5.74) is 16.9. The molecule has 0 radical (unpaired) electrons. The van der Waals surface area contributed by atoms with Crippen LogP contribution in [0.3, 0.4) is 0 Å². The number of hydrogen-bond donors (Lipinski definition) is 13. The first kappa shape index (κ1) is 46.2. The number of primary amides is 1. The van der Waals surface area contributed by atoms with Crippen molar-refractivity contribution < 1.29 is 48.6 Å². The first-order chi connectivity index (χ1) is 26.4. The standard InChI is InChI=1S/C35H55N11O10/c1-18(2)28(33(54)45-25(34(55)56)16-19-8-10-20(47)11-9-19)46-32(53)24(17-26(37)48)44-30(51)21(6-3-4-14-36)42-29(50)22(7-5-15-40-35(38)39)43-31(52)23-12-13-27(49)41-23/h8-11,18,21-25,28,47H,3-7,12-17,36H2,1-2H3,(H2,37,48)(H,41,49)(H,42,50)(H,43,52)(H,44,51)(H,45,54)(H,46,53)(H,55,56)(H4,38,39,40)/t21-,22-,23-,24-,25-,28-/m0/s1. The number of guanidine groups is 1. The van der Waals surface area contributed by atoms with Crippen LogP contribution in [0.4, 0.5) is 0 Å². The molecule has 0 aliphatic carbocycles. The van der Waals surface area contributed by atoms with Gasteiger partial charge in [-0.05, 0) is 68.7 Å². The van der Waals surface area contributed by atoms with Crippen LogP contribution in [0.2, 0.25) is 0 Å². The average molecular weight is 790 g/mol. The van der Waals surface area contributed by atoms with Crippen LogP contribution in [0.1, 0.15) is 70.8 Å². The zero-order chi connectivity index (χ0) is 41.9. The summed E-state index contributed by atoms with van der Waals surface area (Å²) in [4.78, 5) is 103. The third-order valence-corrected chi connectivity index (χ3v) is 8.79. The number of phenols is 1. The lowest BCUT2D eigenvalue weighted by atomic mass is 10.0. The van der Waals surface area contributed by atoms with E-state index < -0.39 is 90.0 Å². The molecular weight excluding hydrogens is 734 g/mol. The average Bonchev–Trinajstić information content (AvgIpc) is 3.57. The Hall–Kier alpha value is -5.99. The van der Waals surface area contributed by atoms with Gasteiger partial charge < -0.3 is 64.6 Å². The van der Waals surface area contributed by atoms with E-state index in [4.69, 9.17) is 22.6 Å². The largest absolute Gasteiger partial charge is 0.508 e. The predicted molar refractivity (Wildman–Crippen MR) is 201 cm³/mol. The van der Waals surface area contributed by atoms with E-state index in [1.165, 1.54) is 24.3 Å². The van der Waals surface area contributed by atoms with Crippen molar-refractivity contribution in [1.29, 1.82) is 5.41 Å². The molecule has 21 nitrogen and oxygen atoms in total. The molecule has 0 bridgehead atoms. The number of hydrogen-bond acceptors (Lipinski definition) is 11. The quantitative estimate of drug-likeness (QED) is 0.0277. The van der Waals surface area contributed by atoms with E-state index in [9.17, 15) is 48.6 Å². The van der Waals surface area contributed by atoms with Crippen molar-refractivity contribution >= 4 is 53.3 Å². The van der Waals surface area contributed by atoms with Crippen LogP contribution in [-0.2, 0) is 44.8 Å². The molecule has 1 saturated heterocycles. The van der Waals surface area contributed by atoms with Gasteiger partial charge in [-0.1, -0.05) is 26.0 Å². The van der Waals surface area contributed by atoms with Gasteiger partial charge in [0.1, 0.15) is 42.0 Å². The van der Waals surface area contributed by atoms with Crippen molar-refractivity contribution in [2.75, 3.05) is 13.1 Å². The Morgan fingerprint density at radius 1 is 0.821 bits per heavy atom. The fraction of sp³-hybridized carbons (Fsp3) is 0.571. The summed E-state index contributed by atoms with van der Waals surface area (Å²) < 4.78 is 0. The number of carboxylic acid groups (broad SMARTS) is 1. The van der Waals surface area contributed by atoms with Crippen LogP contribution in [-0.4, -0.2) is 113 Å². The van der Waals surface area contributed by atoms with Gasteiger partial charge in [-0.3, -0.25) is 39.0 Å². The molecule has 2 rings (SSSR count). The third kappa shape index (κ3) is 16.2. The molecule has 0 unspecified atom stereocenters. The SMILES string of the molecule is CC(C)[C@H](NC(=O)[C@H](CC(N)=O)NC(=O)[C@H](CCCCN)NC(=O)[C@H](CCCNC(=N)N)NC(=O)[C@@H]1CCC(=O)N1)C(=O)N[C@@H](Cc1ccc(O)cc1)C(=O)O. The lowest BCUT2D eigenvalue weighted by Crippen LogP contribution is -2.60. The van der Waals surface area contributed by atoms with Crippen molar-refractivity contribution in [1.82, 2.24) is 37.2 Å². The van der Waals surface area contributed by atoms with Crippen LogP contribution in [0.25, 0.3) is 0 Å². The van der Waals surface area contributed by atoms with E-state index in [-0.39, 0.29) is 69.2 Å². The van der Waals surface area contributed by atoms with Gasteiger partial charge in [0.2, 0.25) is 41.4 Å². The summed E-state index contributed by atoms with van der Waals surface area (Å²) in [6.07, 6.45) is 0.630. The fourth-order valence-corrected chi connectivity index (χ4v) is 5.72. The maximum absolute atomic E-state index is 13.7. The minimum atomic E-state index is -1.63. The second kappa shape index (κ2) is 23.0. The van der Waals surface area contributed by atoms with Gasteiger partial charge >= 0.3 is 5.97 Å². The minimum Gasteiger partial charge on any atom is -0.508 e. The van der Waals surface area contributed by atoms with Crippen LogP contribution < -0.4 is 54.4 Å². The Kier molecular flexibility index (Phi) is 19.0. The molecule has 1 aliphatic heterocycles. The maximum atomic E-state index is 13.7. The van der Waals surface area contributed by atoms with Gasteiger partial charge in [-0.15, -0.1) is 0 Å². The van der Waals surface area contributed by atoms with E-state index in [2.05, 4.69) is 37.2 Å². The number of phenolic OH excluding ortho intramolecular Hbond substituents is 1. The van der Waals surface area contributed by atoms with Gasteiger partial charge in [-0.2, -0.15) is 0 Å². The van der Waals surface area contributed by atoms with E-state index in [1.807, 2.05) is 0 Å². The molecule has 21 heteroatoms. The molecule has 1 fully saturated rings. The number of carboxylic acids is 1. The normalized spacial score (nSPS) is 16.2. The molecule has 310 valence electrons. The Morgan fingerprint density at radius 2 is 1.39 bits per heavy atom. The van der Waals surface area contributed by atoms with E-state index in [0.29, 0.717) is 18.4 Å². The zero-order valence-electron chi connectivity index (χ0n) is 31.5. The van der Waals surface area contributed by atoms with Crippen molar-refractivity contribution in [3.63, 3.8) is 0 Å². The molecule has 6 atom stereocenters. The summed E-state index contributed by atoms with van der Waals surface area (Å²) in [6.45, 7) is 3.61. The molecule has 56 heavy (non-hydrogen) atoms. The second-order valence-electron chi connectivity index (χ2n) is 13.8. The highest BCUT2D eigenvalue weighted by molar-refractivity contribution is 5.98. The Labute approximate surface area is 323 Å². The number of carbonyl (C=O) groups excluding carboxylic acids is 7. The van der Waals surface area contributed by atoms with Crippen LogP contribution in [0.15, 0.2) is 24.3 Å². The Balaban J connectivity index is 2.25. The number of carbonyl (C=O) groups is 8. The van der Waals surface area contributed by atoms with E-state index in [0.717, 1.165) is 0 Å². The van der Waals surface area contributed by atoms with E-state index >= 15 is 0 Å². The summed E-state index contributed by atoms with van der Waals surface area (Å²) in [6, 6.07) is -2.04. The van der Waals surface area contributed by atoms with Crippen LogP contribution in [0.5, 0.6) is 5.75 Å². The number of nitrogens with two attached hydrogens (primary N) is 3. The topological polar surface area (TPSA) is 363 Å². The highest BCUT2D eigenvalue weighted by atomic mass is 16.4. The molecular formula is C35H55N11O10. The maximum Gasteiger partial charge on any atom is 0.326 e. The molecule has 1 aromatic rings. The van der Waals surface area contributed by atoms with Crippen molar-refractivity contribution in [3.05, 3.63) is 29.8 Å². The van der Waals surface area contributed by atoms with Gasteiger partial charge in [0.25, 0.3) is 0 Å². The fourth-order valence-electron chi connectivity index (χ4n) is 5.72. The van der Waals surface area contributed by atoms with Crippen LogP contribution in [0, 0.1) is 11.3 Å². The minimum absolute atomic E-state index is 0.0273. The summed E-state index contributed by atoms with van der Waals surface area (Å²) in [5, 5.41) is 44.3. The number of amides is 7. The Morgan fingerprint density at radius 3 is 1.93 bits per heavy atom. The van der Waals surface area contributed by atoms with Crippen molar-refractivity contribution in [2.45, 2.75) is 108 Å². The lowest BCUT2D eigenvalue weighted by Gasteiger charge is -2.28. The molecule has 16 N–H and O–H groups in total. The number of nitrogens with one attached hydrogen (secondary N) is 8. The third-order valence-electron chi connectivity index (χ3n) is 8.79. The number of unbranched alkanes of at least 4 members (excludes halogenated alkanes) is 1. The number of rotatable bonds is 24. The van der Waals surface area contributed by atoms with Crippen LogP contribution >= 0.6 is 0 Å². The number of aliphatic carboxylic acids is 1. The monoisotopic (exact) mass is 789 g/mol. The van der Waals surface area contributed by atoms with Crippen molar-refractivity contribution in [2.24, 2.45) is 23.1 Å². The van der Waals surface area contributed by atoms with Gasteiger partial charge in [-0.25, -0.2) is 4.79 Å². The summed E-state index contributed by atoms with van der Waals surface area (Å²) in [5.74, 6) is -7.74. The molecule has 1 aliphatic rings. The van der Waals surface area contributed by atoms with E-state index in [1.54, 1.807) is 13.8 Å². The Bertz CT molecular complexity index is 1570. The molecule has 0 saturated carbocycles. The van der Waals surface area contributed by atoms with Gasteiger partial charge in [0, 0.05) is 19.4 Å². The lowest BCUT2D eigenvalue weighted by molar-refractivity contribution is -0.142. The highest BCUT2D eigenvalue weighted by Gasteiger charge is 2.35. The number of benzene rings is 1. The first-order valence-electron chi connectivity index (χ1n) is 18.3. The first-order valence-corrected chi connectivity index (χ1v) is 18.3. The summed E-state index contributed by atoms with van der Waals surface area (Å²) >= 11 is 0. The summed E-state index contributed by atoms with van der Waals surface area (Å²) in [7, 11) is 0. The van der Waals surface area contributed by atoms with Crippen molar-refractivity contribution in [3.8, 4) is 5.75 Å². The highest BCUT2D eigenvalue weighted by Crippen LogP contribution is 2.13. The molecule has 1 heterocycles.